The molecule has 3 aliphatic rings. The largest absolute Gasteiger partial charge is 0.478 e. The summed E-state index contributed by atoms with van der Waals surface area (Å²) in [6.45, 7) is 13.0. The molecular weight excluding hydrogens is 550 g/mol. The number of allylic oxidation sites excluding steroid dienone is 2. The second kappa shape index (κ2) is 12.0. The Morgan fingerprint density at radius 1 is 0.909 bits per heavy atom. The molecule has 0 saturated carbocycles. The lowest BCUT2D eigenvalue weighted by molar-refractivity contribution is -0.144. The summed E-state index contributed by atoms with van der Waals surface area (Å²) in [5, 5.41) is 9.34. The van der Waals surface area contributed by atoms with Gasteiger partial charge < -0.3 is 20.6 Å². The number of fused-ring (bicyclic) bond motifs is 1. The average Bonchev–Trinajstić information content (AvgIpc) is 3.00. The van der Waals surface area contributed by atoms with E-state index in [0.29, 0.717) is 51.4 Å². The van der Waals surface area contributed by atoms with Gasteiger partial charge in [-0.25, -0.2) is 4.79 Å². The second-order valence-corrected chi connectivity index (χ2v) is 14.2. The Labute approximate surface area is 261 Å². The van der Waals surface area contributed by atoms with Gasteiger partial charge in [0.2, 0.25) is 11.8 Å². The Hall–Kier alpha value is -3.71. The molecule has 2 heterocycles. The van der Waals surface area contributed by atoms with Crippen LogP contribution in [0, 0.1) is 16.7 Å². The minimum Gasteiger partial charge on any atom is -0.478 e. The van der Waals surface area contributed by atoms with Crippen molar-refractivity contribution in [2.45, 2.75) is 71.8 Å². The number of benzene rings is 2. The van der Waals surface area contributed by atoms with Gasteiger partial charge in [-0.3, -0.25) is 9.59 Å². The Bertz CT molecular complexity index is 1470. The number of carboxylic acid groups (broad SMARTS) is 1. The van der Waals surface area contributed by atoms with Crippen molar-refractivity contribution >= 4 is 23.4 Å². The van der Waals surface area contributed by atoms with Gasteiger partial charge in [0.05, 0.1) is 17.0 Å². The van der Waals surface area contributed by atoms with Crippen LogP contribution < -0.4 is 5.73 Å². The Morgan fingerprint density at radius 3 is 2.14 bits per heavy atom. The van der Waals surface area contributed by atoms with Gasteiger partial charge in [-0.15, -0.1) is 0 Å². The maximum absolute atomic E-state index is 14.7. The highest BCUT2D eigenvalue weighted by molar-refractivity contribution is 5.90. The van der Waals surface area contributed by atoms with Crippen LogP contribution >= 0.6 is 0 Å². The number of nitrogens with zero attached hydrogens (tertiary/aromatic N) is 2. The molecule has 2 aliphatic heterocycles. The summed E-state index contributed by atoms with van der Waals surface area (Å²) in [5.41, 5.74) is 9.90. The van der Waals surface area contributed by atoms with E-state index in [1.54, 1.807) is 12.1 Å². The lowest BCUT2D eigenvalue weighted by atomic mass is 9.58. The van der Waals surface area contributed by atoms with Crippen molar-refractivity contribution in [3.63, 3.8) is 0 Å². The minimum atomic E-state index is -0.930. The summed E-state index contributed by atoms with van der Waals surface area (Å²) in [7, 11) is 0. The predicted molar refractivity (Wildman–Crippen MR) is 174 cm³/mol. The lowest BCUT2D eigenvalue weighted by Crippen LogP contribution is -2.58. The van der Waals surface area contributed by atoms with E-state index in [9.17, 15) is 19.5 Å². The number of carbonyl (C=O) groups excluding carboxylic acids is 2. The van der Waals surface area contributed by atoms with Crippen molar-refractivity contribution < 1.29 is 19.5 Å². The molecule has 1 saturated heterocycles. The van der Waals surface area contributed by atoms with Crippen molar-refractivity contribution in [1.29, 1.82) is 0 Å². The van der Waals surface area contributed by atoms with Crippen molar-refractivity contribution in [2.24, 2.45) is 22.5 Å². The standard InChI is InChI=1S/C37H47N3O4/c1-25(2)23-30(38)32(41)39-21-18-37(19-22-39,28-9-7-6-8-10-28)34(44)40-20-16-31-35(3,4)29(15-17-36(31,5)24-40)26-11-13-27(14-12-26)33(42)43/h6-16,25,30H,17-24,38H2,1-5H3,(H,42,43)/t30-,36+/m0/s1. The van der Waals surface area contributed by atoms with Crippen LogP contribution in [0.2, 0.25) is 0 Å². The van der Waals surface area contributed by atoms with Crippen LogP contribution in [0.15, 0.2) is 72.3 Å². The first-order valence-electron chi connectivity index (χ1n) is 15.9. The van der Waals surface area contributed by atoms with Crippen LogP contribution in [0.4, 0.5) is 0 Å². The maximum Gasteiger partial charge on any atom is 0.335 e. The summed E-state index contributed by atoms with van der Waals surface area (Å²) in [5.74, 6) is -0.470. The molecule has 0 radical (unpaired) electrons. The Kier molecular flexibility index (Phi) is 8.65. The van der Waals surface area contributed by atoms with Gasteiger partial charge in [0.15, 0.2) is 0 Å². The topological polar surface area (TPSA) is 104 Å². The number of rotatable bonds is 7. The maximum atomic E-state index is 14.7. The van der Waals surface area contributed by atoms with Crippen molar-refractivity contribution in [2.75, 3.05) is 26.2 Å². The zero-order chi connectivity index (χ0) is 31.9. The normalized spacial score (nSPS) is 23.3. The molecule has 2 aromatic rings. The monoisotopic (exact) mass is 597 g/mol. The van der Waals surface area contributed by atoms with Crippen LogP contribution in [0.5, 0.6) is 0 Å². The number of likely N-dealkylation sites (tertiary alicyclic amines) is 1. The fraction of sp³-hybridized carbons (Fsp3) is 0.486. The summed E-state index contributed by atoms with van der Waals surface area (Å²) >= 11 is 0. The fourth-order valence-electron chi connectivity index (χ4n) is 7.99. The second-order valence-electron chi connectivity index (χ2n) is 14.2. The molecule has 0 spiro atoms. The van der Waals surface area contributed by atoms with Gasteiger partial charge in [0.1, 0.15) is 0 Å². The van der Waals surface area contributed by atoms with E-state index in [0.717, 1.165) is 17.5 Å². The average molecular weight is 598 g/mol. The summed E-state index contributed by atoms with van der Waals surface area (Å²) in [6.07, 6.45) is 7.11. The number of piperidine rings is 1. The number of amides is 2. The van der Waals surface area contributed by atoms with Crippen LogP contribution in [-0.2, 0) is 15.0 Å². The highest BCUT2D eigenvalue weighted by atomic mass is 16.4. The molecule has 0 bridgehead atoms. The van der Waals surface area contributed by atoms with E-state index in [2.05, 4.69) is 58.9 Å². The molecule has 2 atom stereocenters. The van der Waals surface area contributed by atoms with E-state index < -0.39 is 17.4 Å². The quantitative estimate of drug-likeness (QED) is 0.387. The highest BCUT2D eigenvalue weighted by Gasteiger charge is 2.51. The summed E-state index contributed by atoms with van der Waals surface area (Å²) < 4.78 is 0. The van der Waals surface area contributed by atoms with Gasteiger partial charge in [-0.05, 0) is 60.4 Å². The SMILES string of the molecule is CC(C)C[C@H](N)C(=O)N1CCC(C(=O)N2CC=C3C(C)(C)C(c4ccc(C(=O)O)cc4)=CC[C@]3(C)C2)(c2ccccc2)CC1. The number of hydrogen-bond acceptors (Lipinski definition) is 4. The smallest absolute Gasteiger partial charge is 0.335 e. The van der Waals surface area contributed by atoms with Gasteiger partial charge in [0, 0.05) is 37.0 Å². The molecular formula is C37H47N3O4. The first-order chi connectivity index (χ1) is 20.8. The molecule has 0 aromatic heterocycles. The third kappa shape index (κ3) is 5.74. The van der Waals surface area contributed by atoms with Gasteiger partial charge in [-0.1, -0.05) is 94.8 Å². The van der Waals surface area contributed by atoms with Crippen LogP contribution in [0.1, 0.15) is 81.8 Å². The first-order valence-corrected chi connectivity index (χ1v) is 15.9. The van der Waals surface area contributed by atoms with Crippen LogP contribution in [0.3, 0.4) is 0 Å². The summed E-state index contributed by atoms with van der Waals surface area (Å²) in [4.78, 5) is 43.1. The molecule has 234 valence electrons. The van der Waals surface area contributed by atoms with Crippen molar-refractivity contribution in [3.05, 3.63) is 89.0 Å². The molecule has 7 nitrogen and oxygen atoms in total. The number of aromatic carboxylic acids is 1. The Balaban J connectivity index is 1.39. The third-order valence-electron chi connectivity index (χ3n) is 10.2. The minimum absolute atomic E-state index is 0.0181. The van der Waals surface area contributed by atoms with Crippen LogP contribution in [0.25, 0.3) is 5.57 Å². The predicted octanol–water partition coefficient (Wildman–Crippen LogP) is 5.91. The molecule has 1 fully saturated rings. The Morgan fingerprint density at radius 2 is 1.55 bits per heavy atom. The highest BCUT2D eigenvalue weighted by Crippen LogP contribution is 2.55. The zero-order valence-electron chi connectivity index (χ0n) is 26.8. The van der Waals surface area contributed by atoms with Crippen molar-refractivity contribution in [1.82, 2.24) is 9.80 Å². The van der Waals surface area contributed by atoms with E-state index in [1.165, 1.54) is 11.1 Å². The van der Waals surface area contributed by atoms with E-state index in [4.69, 9.17) is 5.73 Å². The number of nitrogens with two attached hydrogens (primary N) is 1. The molecule has 3 N–H and O–H groups in total. The van der Waals surface area contributed by atoms with E-state index in [1.807, 2.05) is 40.1 Å². The molecule has 1 aliphatic carbocycles. The van der Waals surface area contributed by atoms with E-state index in [-0.39, 0.29) is 28.2 Å². The number of carboxylic acids is 1. The first kappa shape index (κ1) is 31.7. The molecule has 5 rings (SSSR count). The van der Waals surface area contributed by atoms with Gasteiger partial charge in [0.25, 0.3) is 0 Å². The number of carbonyl (C=O) groups is 3. The molecule has 7 heteroatoms. The van der Waals surface area contributed by atoms with E-state index >= 15 is 0 Å². The van der Waals surface area contributed by atoms with Gasteiger partial charge in [-0.2, -0.15) is 0 Å². The lowest BCUT2D eigenvalue weighted by Gasteiger charge is -2.52. The summed E-state index contributed by atoms with van der Waals surface area (Å²) in [6, 6.07) is 16.7. The molecule has 2 aromatic carbocycles. The molecule has 2 amide bonds. The molecule has 0 unspecified atom stereocenters. The fourth-order valence-corrected chi connectivity index (χ4v) is 7.99. The molecule has 44 heavy (non-hydrogen) atoms. The van der Waals surface area contributed by atoms with Crippen molar-refractivity contribution in [3.8, 4) is 0 Å². The van der Waals surface area contributed by atoms with Gasteiger partial charge >= 0.3 is 5.97 Å². The zero-order valence-corrected chi connectivity index (χ0v) is 26.8. The third-order valence-corrected chi connectivity index (χ3v) is 10.2. The number of hydrogen-bond donors (Lipinski definition) is 2. The van der Waals surface area contributed by atoms with Crippen LogP contribution in [-0.4, -0.2) is 64.9 Å².